The lowest BCUT2D eigenvalue weighted by Gasteiger charge is -2.24. The highest BCUT2D eigenvalue weighted by Crippen LogP contribution is 2.31. The zero-order chi connectivity index (χ0) is 27.9. The maximum Gasteiger partial charge on any atom is 0.433 e. The Hall–Kier alpha value is -3.81. The Morgan fingerprint density at radius 1 is 1.10 bits per heavy atom. The number of pyridine rings is 1. The third-order valence-electron chi connectivity index (χ3n) is 6.39. The van der Waals surface area contributed by atoms with Gasteiger partial charge in [-0.05, 0) is 47.9 Å². The van der Waals surface area contributed by atoms with Gasteiger partial charge in [-0.25, -0.2) is 12.8 Å². The maximum absolute atomic E-state index is 13.5. The summed E-state index contributed by atoms with van der Waals surface area (Å²) in [5, 5.41) is 12.8. The molecule has 0 saturated carbocycles. The quantitative estimate of drug-likeness (QED) is 0.342. The maximum atomic E-state index is 13.5. The van der Waals surface area contributed by atoms with E-state index in [2.05, 4.69) is 10.3 Å². The van der Waals surface area contributed by atoms with Gasteiger partial charge in [0.25, 0.3) is 10.0 Å². The molecule has 2 N–H and O–H groups in total. The van der Waals surface area contributed by atoms with Crippen LogP contribution in [-0.4, -0.2) is 47.4 Å². The van der Waals surface area contributed by atoms with Gasteiger partial charge >= 0.3 is 6.18 Å². The Bertz CT molecular complexity index is 1640. The van der Waals surface area contributed by atoms with Gasteiger partial charge in [0, 0.05) is 36.3 Å². The van der Waals surface area contributed by atoms with Gasteiger partial charge in [-0.15, -0.1) is 0 Å². The number of rotatable bonds is 6. The van der Waals surface area contributed by atoms with E-state index in [-0.39, 0.29) is 30.5 Å². The lowest BCUT2D eigenvalue weighted by molar-refractivity contribution is -0.141. The molecule has 1 aliphatic rings. The van der Waals surface area contributed by atoms with E-state index in [1.54, 1.807) is 24.3 Å². The van der Waals surface area contributed by atoms with E-state index >= 15 is 0 Å². The number of furan rings is 1. The number of aromatic nitrogens is 1. The second-order valence-electron chi connectivity index (χ2n) is 9.01. The smallest absolute Gasteiger partial charge is 0.433 e. The lowest BCUT2D eigenvalue weighted by atomic mass is 10.0. The minimum Gasteiger partial charge on any atom is -0.443 e. The number of benzene rings is 2. The van der Waals surface area contributed by atoms with Crippen LogP contribution in [0.4, 0.5) is 17.6 Å². The van der Waals surface area contributed by atoms with Crippen molar-refractivity contribution in [2.45, 2.75) is 36.4 Å². The fraction of sp³-hybridized carbons (Fsp3) is 0.231. The van der Waals surface area contributed by atoms with Gasteiger partial charge < -0.3 is 14.8 Å². The predicted octanol–water partition coefficient (Wildman–Crippen LogP) is 4.09. The van der Waals surface area contributed by atoms with E-state index in [0.717, 1.165) is 34.8 Å². The number of hydrogen-bond donors (Lipinski definition) is 2. The molecule has 204 valence electrons. The Balaban J connectivity index is 1.31. The van der Waals surface area contributed by atoms with E-state index in [1.165, 1.54) is 12.1 Å². The first-order chi connectivity index (χ1) is 18.4. The van der Waals surface area contributed by atoms with E-state index in [1.807, 2.05) is 0 Å². The van der Waals surface area contributed by atoms with Gasteiger partial charge in [0.05, 0.1) is 6.10 Å². The van der Waals surface area contributed by atoms with Crippen molar-refractivity contribution in [2.75, 3.05) is 6.54 Å². The first-order valence-corrected chi connectivity index (χ1v) is 13.2. The highest BCUT2D eigenvalue weighted by Gasteiger charge is 2.46. The standard InChI is InChI=1S/C26H21F4N3O5S/c27-19-5-6-21-18(11-19)12-23(38-21)39(36,37)33-9-8-20(34)24(33)25(35)32-13-15-2-1-3-16(10-15)17-4-7-22(31-14-17)26(28,29)30/h1-7,10-12,14,20,24,34H,8-9,13H2,(H,32,35)/t20-,24-/m0/s1. The number of carbonyl (C=O) groups is 1. The molecule has 0 aliphatic carbocycles. The second kappa shape index (κ2) is 10.1. The third-order valence-corrected chi connectivity index (χ3v) is 8.13. The summed E-state index contributed by atoms with van der Waals surface area (Å²) >= 11 is 0. The number of alkyl halides is 3. The van der Waals surface area contributed by atoms with Gasteiger partial charge in [-0.1, -0.05) is 24.3 Å². The molecule has 0 bridgehead atoms. The summed E-state index contributed by atoms with van der Waals surface area (Å²) in [6, 6.07) is 12.1. The highest BCUT2D eigenvalue weighted by atomic mass is 32.2. The van der Waals surface area contributed by atoms with Crippen molar-refractivity contribution < 1.29 is 40.3 Å². The van der Waals surface area contributed by atoms with Crippen LogP contribution in [0.5, 0.6) is 0 Å². The summed E-state index contributed by atoms with van der Waals surface area (Å²) in [5.41, 5.74) is 0.722. The minimum atomic E-state index is -4.56. The SMILES string of the molecule is O=C(NCc1cccc(-c2ccc(C(F)(F)F)nc2)c1)[C@@H]1[C@@H](O)CCN1S(=O)(=O)c1cc2cc(F)ccc2o1. The third kappa shape index (κ3) is 5.37. The van der Waals surface area contributed by atoms with E-state index in [9.17, 15) is 35.9 Å². The molecular weight excluding hydrogens is 542 g/mol. The molecule has 13 heteroatoms. The molecule has 1 saturated heterocycles. The molecule has 2 atom stereocenters. The zero-order valence-electron chi connectivity index (χ0n) is 20.0. The first kappa shape index (κ1) is 26.8. The molecule has 2 aromatic heterocycles. The number of carbonyl (C=O) groups excluding carboxylic acids is 1. The molecule has 2 aromatic carbocycles. The number of aliphatic hydroxyl groups excluding tert-OH is 1. The Morgan fingerprint density at radius 3 is 2.62 bits per heavy atom. The van der Waals surface area contributed by atoms with Crippen LogP contribution in [0.15, 0.2) is 76.4 Å². The largest absolute Gasteiger partial charge is 0.443 e. The lowest BCUT2D eigenvalue weighted by Crippen LogP contribution is -2.49. The summed E-state index contributed by atoms with van der Waals surface area (Å²) in [6.45, 7) is -0.175. The number of fused-ring (bicyclic) bond motifs is 1. The van der Waals surface area contributed by atoms with Crippen LogP contribution in [0, 0.1) is 5.82 Å². The molecule has 0 radical (unpaired) electrons. The molecule has 1 fully saturated rings. The summed E-state index contributed by atoms with van der Waals surface area (Å²) in [4.78, 5) is 16.5. The Morgan fingerprint density at radius 2 is 1.90 bits per heavy atom. The molecule has 8 nitrogen and oxygen atoms in total. The minimum absolute atomic E-state index is 0.0164. The molecule has 3 heterocycles. The van der Waals surface area contributed by atoms with Crippen LogP contribution >= 0.6 is 0 Å². The number of nitrogens with one attached hydrogen (secondary N) is 1. The van der Waals surface area contributed by atoms with Crippen molar-refractivity contribution in [1.29, 1.82) is 0 Å². The second-order valence-corrected chi connectivity index (χ2v) is 10.8. The number of sulfonamides is 1. The van der Waals surface area contributed by atoms with Crippen molar-refractivity contribution >= 4 is 26.9 Å². The summed E-state index contributed by atoms with van der Waals surface area (Å²) < 4.78 is 84.7. The van der Waals surface area contributed by atoms with Crippen molar-refractivity contribution in [2.24, 2.45) is 0 Å². The van der Waals surface area contributed by atoms with Crippen molar-refractivity contribution in [1.82, 2.24) is 14.6 Å². The predicted molar refractivity (Wildman–Crippen MR) is 131 cm³/mol. The fourth-order valence-corrected chi connectivity index (χ4v) is 6.03. The van der Waals surface area contributed by atoms with E-state index in [0.29, 0.717) is 16.7 Å². The molecule has 5 rings (SSSR count). The van der Waals surface area contributed by atoms with Gasteiger partial charge in [-0.3, -0.25) is 9.78 Å². The summed E-state index contributed by atoms with van der Waals surface area (Å²) in [5.74, 6) is -1.31. The van der Waals surface area contributed by atoms with Crippen molar-refractivity contribution in [3.05, 3.63) is 83.9 Å². The Kier molecular flexibility index (Phi) is 6.91. The topological polar surface area (TPSA) is 113 Å². The van der Waals surface area contributed by atoms with Gasteiger partial charge in [0.15, 0.2) is 0 Å². The average molecular weight is 564 g/mol. The van der Waals surface area contributed by atoms with E-state index in [4.69, 9.17) is 4.42 Å². The molecular formula is C26H21F4N3O5S. The first-order valence-electron chi connectivity index (χ1n) is 11.7. The fourth-order valence-electron chi connectivity index (χ4n) is 4.44. The molecule has 0 spiro atoms. The number of halogens is 4. The molecule has 0 unspecified atom stereocenters. The zero-order valence-corrected chi connectivity index (χ0v) is 20.8. The van der Waals surface area contributed by atoms with Crippen LogP contribution in [0.25, 0.3) is 22.1 Å². The summed E-state index contributed by atoms with van der Waals surface area (Å²) in [6.07, 6.45) is -4.71. The average Bonchev–Trinajstić information content (AvgIpc) is 3.51. The van der Waals surface area contributed by atoms with Crippen LogP contribution in [0.3, 0.4) is 0 Å². The van der Waals surface area contributed by atoms with Crippen molar-refractivity contribution in [3.8, 4) is 11.1 Å². The van der Waals surface area contributed by atoms with E-state index < -0.39 is 50.9 Å². The van der Waals surface area contributed by atoms with Crippen LogP contribution in [0.2, 0.25) is 0 Å². The van der Waals surface area contributed by atoms with Crippen LogP contribution < -0.4 is 5.32 Å². The highest BCUT2D eigenvalue weighted by molar-refractivity contribution is 7.89. The number of amides is 1. The van der Waals surface area contributed by atoms with Gasteiger partial charge in [0.1, 0.15) is 23.1 Å². The molecule has 1 aliphatic heterocycles. The molecule has 4 aromatic rings. The normalized spacial score (nSPS) is 18.5. The monoisotopic (exact) mass is 563 g/mol. The Labute approximate surface area is 219 Å². The van der Waals surface area contributed by atoms with Crippen LogP contribution in [0.1, 0.15) is 17.7 Å². The number of aliphatic hydroxyl groups is 1. The summed E-state index contributed by atoms with van der Waals surface area (Å²) in [7, 11) is -4.34. The molecule has 1 amide bonds. The van der Waals surface area contributed by atoms with Crippen LogP contribution in [-0.2, 0) is 27.5 Å². The van der Waals surface area contributed by atoms with Crippen molar-refractivity contribution in [3.63, 3.8) is 0 Å². The van der Waals surface area contributed by atoms with Gasteiger partial charge in [-0.2, -0.15) is 17.5 Å². The number of nitrogens with zero attached hydrogens (tertiary/aromatic N) is 2. The molecule has 39 heavy (non-hydrogen) atoms. The number of hydrogen-bond acceptors (Lipinski definition) is 6. The van der Waals surface area contributed by atoms with Gasteiger partial charge in [0.2, 0.25) is 11.0 Å².